The van der Waals surface area contributed by atoms with Gasteiger partial charge in [0.05, 0.1) is 31.0 Å². The molecule has 29 heavy (non-hydrogen) atoms. The Balaban J connectivity index is 2.78. The first-order valence-corrected chi connectivity index (χ1v) is 9.78. The van der Waals surface area contributed by atoms with E-state index in [1.165, 1.54) is 0 Å². The number of aliphatic hydroxyl groups is 4. The molecule has 0 saturated carbocycles. The number of ether oxygens (including phenoxy) is 4. The highest BCUT2D eigenvalue weighted by atomic mass is 16.7. The van der Waals surface area contributed by atoms with Crippen LogP contribution in [0.5, 0.6) is 0 Å². The Kier molecular flexibility index (Phi) is 11.9. The molecule has 0 aliphatic carbocycles. The number of hydrogen-bond donors (Lipinski definition) is 8. The van der Waals surface area contributed by atoms with Gasteiger partial charge in [-0.15, -0.1) is 0 Å². The molecule has 0 bridgehead atoms. The van der Waals surface area contributed by atoms with Crippen LogP contribution in [0.4, 0.5) is 0 Å². The molecule has 12 N–H and O–H groups in total. The quantitative estimate of drug-likeness (QED) is 0.132. The van der Waals surface area contributed by atoms with Crippen molar-refractivity contribution >= 4 is 0 Å². The summed E-state index contributed by atoms with van der Waals surface area (Å²) in [4.78, 5) is 0. The Hall–Kier alpha value is -0.480. The van der Waals surface area contributed by atoms with Gasteiger partial charge in [0.2, 0.25) is 0 Å². The average Bonchev–Trinajstić information content (AvgIpc) is 2.68. The Morgan fingerprint density at radius 3 is 2.28 bits per heavy atom. The summed E-state index contributed by atoms with van der Waals surface area (Å²) in [5.74, 6) is 0. The summed E-state index contributed by atoms with van der Waals surface area (Å²) in [6.07, 6.45) is -7.18. The summed E-state index contributed by atoms with van der Waals surface area (Å²) in [5, 5.41) is 38.9. The van der Waals surface area contributed by atoms with Crippen LogP contribution in [0.25, 0.3) is 0 Å². The zero-order valence-corrected chi connectivity index (χ0v) is 17.0. The Morgan fingerprint density at radius 1 is 1.10 bits per heavy atom. The van der Waals surface area contributed by atoms with E-state index in [1.807, 2.05) is 0 Å². The predicted molar refractivity (Wildman–Crippen MR) is 103 cm³/mol. The van der Waals surface area contributed by atoms with Crippen LogP contribution < -0.4 is 22.9 Å². The third-order valence-electron chi connectivity index (χ3n) is 4.99. The molecule has 1 heterocycles. The van der Waals surface area contributed by atoms with Crippen LogP contribution in [0.1, 0.15) is 20.3 Å². The fourth-order valence-corrected chi connectivity index (χ4v) is 3.03. The maximum absolute atomic E-state index is 10.1. The molecule has 0 aromatic carbocycles. The Morgan fingerprint density at radius 2 is 1.76 bits per heavy atom. The number of hydrogen-bond acceptors (Lipinski definition) is 12. The van der Waals surface area contributed by atoms with Gasteiger partial charge in [-0.2, -0.15) is 0 Å². The van der Waals surface area contributed by atoms with E-state index in [1.54, 1.807) is 13.8 Å². The lowest BCUT2D eigenvalue weighted by atomic mass is 9.97. The molecular formula is C17H38N4O8. The molecule has 1 rings (SSSR count). The zero-order valence-electron chi connectivity index (χ0n) is 17.0. The molecule has 1 aliphatic rings. The van der Waals surface area contributed by atoms with Gasteiger partial charge in [-0.3, -0.25) is 0 Å². The minimum atomic E-state index is -1.35. The lowest BCUT2D eigenvalue weighted by Crippen LogP contribution is -2.64. The van der Waals surface area contributed by atoms with Crippen molar-refractivity contribution in [1.82, 2.24) is 0 Å². The van der Waals surface area contributed by atoms with Crippen molar-refractivity contribution in [3.8, 4) is 0 Å². The van der Waals surface area contributed by atoms with Gasteiger partial charge in [-0.05, 0) is 26.8 Å². The monoisotopic (exact) mass is 426 g/mol. The van der Waals surface area contributed by atoms with E-state index in [9.17, 15) is 20.4 Å². The van der Waals surface area contributed by atoms with Crippen molar-refractivity contribution in [2.75, 3.05) is 26.5 Å². The molecule has 0 amide bonds. The molecule has 12 nitrogen and oxygen atoms in total. The first kappa shape index (κ1) is 26.6. The molecule has 1 fully saturated rings. The van der Waals surface area contributed by atoms with Crippen LogP contribution in [0.15, 0.2) is 0 Å². The van der Waals surface area contributed by atoms with E-state index in [0.717, 1.165) is 0 Å². The van der Waals surface area contributed by atoms with Crippen molar-refractivity contribution in [3.63, 3.8) is 0 Å². The number of nitrogens with two attached hydrogens (primary N) is 4. The van der Waals surface area contributed by atoms with Gasteiger partial charge in [0, 0.05) is 12.6 Å². The molecule has 0 aromatic rings. The SMILES string of the molecule is C[C@@H](O)[C@@H](CN)OCO[C@H](C)[C@H](O[C@H]1OC(CO)[C@@H](O)[C@H](O)C1N)C(N)CCN. The molecule has 1 saturated heterocycles. The normalized spacial score (nSPS) is 33.1. The van der Waals surface area contributed by atoms with Crippen LogP contribution in [-0.2, 0) is 18.9 Å². The Bertz CT molecular complexity index is 448. The van der Waals surface area contributed by atoms with Crippen LogP contribution >= 0.6 is 0 Å². The standard InChI is InChI=1S/C17H38N4O8/c1-8(23)11(5-19)27-7-26-9(2)16(10(20)3-4-18)29-17-13(21)15(25)14(24)12(6-22)28-17/h8-17,22-25H,3-7,18-21H2,1-2H3/t8-,9-,10?,11-,12?,13?,14-,15-,16+,17-/m1/s1. The summed E-state index contributed by atoms with van der Waals surface area (Å²) < 4.78 is 22.4. The lowest BCUT2D eigenvalue weighted by Gasteiger charge is -2.43. The van der Waals surface area contributed by atoms with Crippen LogP contribution in [-0.4, -0.2) is 108 Å². The van der Waals surface area contributed by atoms with Crippen LogP contribution in [0.3, 0.4) is 0 Å². The van der Waals surface area contributed by atoms with Gasteiger partial charge in [0.15, 0.2) is 6.29 Å². The lowest BCUT2D eigenvalue weighted by molar-refractivity contribution is -0.291. The molecule has 0 spiro atoms. The smallest absolute Gasteiger partial charge is 0.176 e. The van der Waals surface area contributed by atoms with Gasteiger partial charge in [-0.1, -0.05) is 0 Å². The van der Waals surface area contributed by atoms with Crippen molar-refractivity contribution < 1.29 is 39.4 Å². The maximum atomic E-state index is 10.1. The van der Waals surface area contributed by atoms with Crippen molar-refractivity contribution in [2.24, 2.45) is 22.9 Å². The maximum Gasteiger partial charge on any atom is 0.176 e. The second-order valence-corrected chi connectivity index (χ2v) is 7.30. The summed E-state index contributed by atoms with van der Waals surface area (Å²) in [7, 11) is 0. The average molecular weight is 427 g/mol. The second kappa shape index (κ2) is 13.0. The van der Waals surface area contributed by atoms with E-state index in [-0.39, 0.29) is 13.3 Å². The predicted octanol–water partition coefficient (Wildman–Crippen LogP) is -4.10. The number of rotatable bonds is 13. The van der Waals surface area contributed by atoms with Gasteiger partial charge >= 0.3 is 0 Å². The summed E-state index contributed by atoms with van der Waals surface area (Å²) in [5.41, 5.74) is 23.2. The van der Waals surface area contributed by atoms with Crippen molar-refractivity contribution in [2.45, 2.75) is 81.4 Å². The van der Waals surface area contributed by atoms with Gasteiger partial charge < -0.3 is 62.3 Å². The minimum Gasteiger partial charge on any atom is -0.394 e. The molecular weight excluding hydrogens is 388 g/mol. The molecule has 0 aromatic heterocycles. The zero-order chi connectivity index (χ0) is 22.1. The van der Waals surface area contributed by atoms with E-state index < -0.39 is 67.7 Å². The first-order chi connectivity index (χ1) is 13.7. The third-order valence-corrected chi connectivity index (χ3v) is 4.99. The molecule has 12 heteroatoms. The molecule has 174 valence electrons. The van der Waals surface area contributed by atoms with Gasteiger partial charge in [0.25, 0.3) is 0 Å². The van der Waals surface area contributed by atoms with Crippen molar-refractivity contribution in [1.29, 1.82) is 0 Å². The summed E-state index contributed by atoms with van der Waals surface area (Å²) in [6, 6.07) is -1.62. The highest BCUT2D eigenvalue weighted by Crippen LogP contribution is 2.24. The van der Waals surface area contributed by atoms with Gasteiger partial charge in [-0.25, -0.2) is 0 Å². The fourth-order valence-electron chi connectivity index (χ4n) is 3.03. The number of aliphatic hydroxyl groups excluding tert-OH is 4. The third kappa shape index (κ3) is 7.61. The second-order valence-electron chi connectivity index (χ2n) is 7.30. The first-order valence-electron chi connectivity index (χ1n) is 9.78. The van der Waals surface area contributed by atoms with E-state index in [2.05, 4.69) is 0 Å². The fraction of sp³-hybridized carbons (Fsp3) is 1.00. The Labute approximate surface area is 171 Å². The molecule has 3 unspecified atom stereocenters. The highest BCUT2D eigenvalue weighted by molar-refractivity contribution is 4.93. The largest absolute Gasteiger partial charge is 0.394 e. The molecule has 0 radical (unpaired) electrons. The summed E-state index contributed by atoms with van der Waals surface area (Å²) >= 11 is 0. The van der Waals surface area contributed by atoms with E-state index in [4.69, 9.17) is 41.9 Å². The van der Waals surface area contributed by atoms with Crippen LogP contribution in [0, 0.1) is 0 Å². The van der Waals surface area contributed by atoms with Gasteiger partial charge in [0.1, 0.15) is 31.2 Å². The minimum absolute atomic E-state index is 0.121. The summed E-state index contributed by atoms with van der Waals surface area (Å²) in [6.45, 7) is 3.00. The highest BCUT2D eigenvalue weighted by Gasteiger charge is 2.45. The topological polar surface area (TPSA) is 222 Å². The molecule has 1 aliphatic heterocycles. The van der Waals surface area contributed by atoms with Crippen LogP contribution in [0.2, 0.25) is 0 Å². The van der Waals surface area contributed by atoms with Crippen molar-refractivity contribution in [3.05, 3.63) is 0 Å². The van der Waals surface area contributed by atoms with E-state index in [0.29, 0.717) is 13.0 Å². The molecule has 10 atom stereocenters. The van der Waals surface area contributed by atoms with E-state index >= 15 is 0 Å².